The first-order chi connectivity index (χ1) is 11.2. The number of rotatable bonds is 6. The summed E-state index contributed by atoms with van der Waals surface area (Å²) >= 11 is 0. The predicted molar refractivity (Wildman–Crippen MR) is 96.1 cm³/mol. The highest BCUT2D eigenvalue weighted by atomic mass is 16.4. The molecular formula is C19H29NO5. The van der Waals surface area contributed by atoms with E-state index in [1.807, 2.05) is 32.9 Å². The van der Waals surface area contributed by atoms with Crippen LogP contribution in [-0.2, 0) is 27.0 Å². The summed E-state index contributed by atoms with van der Waals surface area (Å²) < 4.78 is 0. The number of nitrogens with zero attached hydrogens (tertiary/aromatic N) is 1. The molecule has 0 aliphatic heterocycles. The smallest absolute Gasteiger partial charge is 0.317 e. The number of hydrogen-bond donors (Lipinski definition) is 3. The lowest BCUT2D eigenvalue weighted by Crippen LogP contribution is -2.34. The number of phenols is 1. The first kappa shape index (κ1) is 21.0. The molecule has 0 atom stereocenters. The van der Waals surface area contributed by atoms with Crippen molar-refractivity contribution >= 4 is 11.9 Å². The zero-order valence-electron chi connectivity index (χ0n) is 15.9. The van der Waals surface area contributed by atoms with Gasteiger partial charge in [-0.15, -0.1) is 0 Å². The van der Waals surface area contributed by atoms with Crippen LogP contribution >= 0.6 is 0 Å². The van der Waals surface area contributed by atoms with Crippen LogP contribution in [0, 0.1) is 0 Å². The van der Waals surface area contributed by atoms with Crippen LogP contribution in [0.4, 0.5) is 0 Å². The normalized spacial score (nSPS) is 12.4. The van der Waals surface area contributed by atoms with Crippen molar-refractivity contribution in [3.05, 3.63) is 28.8 Å². The molecular weight excluding hydrogens is 322 g/mol. The van der Waals surface area contributed by atoms with Crippen molar-refractivity contribution in [1.29, 1.82) is 0 Å². The van der Waals surface area contributed by atoms with E-state index in [9.17, 15) is 14.7 Å². The van der Waals surface area contributed by atoms with Crippen LogP contribution in [0.1, 0.15) is 58.2 Å². The van der Waals surface area contributed by atoms with Crippen LogP contribution in [0.5, 0.6) is 5.75 Å². The number of aromatic hydroxyl groups is 1. The minimum absolute atomic E-state index is 0.0530. The quantitative estimate of drug-likeness (QED) is 0.729. The molecule has 0 aromatic heterocycles. The summed E-state index contributed by atoms with van der Waals surface area (Å²) in [6.07, 6.45) is 0. The molecule has 0 aliphatic rings. The molecule has 0 heterocycles. The topological polar surface area (TPSA) is 98.1 Å². The number of carboxylic acids is 2. The second kappa shape index (κ2) is 7.44. The van der Waals surface area contributed by atoms with Crippen LogP contribution in [0.2, 0.25) is 0 Å². The SMILES string of the molecule is CC(C)(C)c1cc(CN(CC(=O)O)CC(=O)O)c(O)c(C(C)(C)C)c1. The summed E-state index contributed by atoms with van der Waals surface area (Å²) in [5.74, 6) is -2.12. The fourth-order valence-corrected chi connectivity index (χ4v) is 2.61. The molecule has 0 saturated carbocycles. The van der Waals surface area contributed by atoms with Crippen LogP contribution in [-0.4, -0.2) is 45.2 Å². The number of hydrogen-bond acceptors (Lipinski definition) is 4. The highest BCUT2D eigenvalue weighted by molar-refractivity contribution is 5.72. The fraction of sp³-hybridized carbons (Fsp3) is 0.579. The maximum absolute atomic E-state index is 11.0. The fourth-order valence-electron chi connectivity index (χ4n) is 2.61. The molecule has 25 heavy (non-hydrogen) atoms. The van der Waals surface area contributed by atoms with Gasteiger partial charge in [-0.25, -0.2) is 0 Å². The lowest BCUT2D eigenvalue weighted by Gasteiger charge is -2.29. The van der Waals surface area contributed by atoms with Crippen LogP contribution in [0.25, 0.3) is 0 Å². The van der Waals surface area contributed by atoms with Gasteiger partial charge in [-0.2, -0.15) is 0 Å². The molecule has 0 spiro atoms. The number of carboxylic acid groups (broad SMARTS) is 2. The van der Waals surface area contributed by atoms with E-state index in [0.29, 0.717) is 5.56 Å². The Morgan fingerprint density at radius 2 is 1.40 bits per heavy atom. The Labute approximate surface area is 149 Å². The van der Waals surface area contributed by atoms with Crippen molar-refractivity contribution in [2.75, 3.05) is 13.1 Å². The zero-order chi connectivity index (χ0) is 19.6. The monoisotopic (exact) mass is 351 g/mol. The molecule has 0 fully saturated rings. The van der Waals surface area contributed by atoms with E-state index in [2.05, 4.69) is 20.8 Å². The van der Waals surface area contributed by atoms with E-state index in [1.165, 1.54) is 4.90 Å². The predicted octanol–water partition coefficient (Wildman–Crippen LogP) is 2.96. The average Bonchev–Trinajstić information content (AvgIpc) is 2.36. The zero-order valence-corrected chi connectivity index (χ0v) is 15.9. The molecule has 0 saturated heterocycles. The van der Waals surface area contributed by atoms with Crippen LogP contribution in [0.3, 0.4) is 0 Å². The largest absolute Gasteiger partial charge is 0.507 e. The van der Waals surface area contributed by atoms with Crippen molar-refractivity contribution in [3.63, 3.8) is 0 Å². The summed E-state index contributed by atoms with van der Waals surface area (Å²) in [6, 6.07) is 3.80. The van der Waals surface area contributed by atoms with Gasteiger partial charge in [0.05, 0.1) is 13.1 Å². The second-order valence-corrected chi connectivity index (χ2v) is 8.46. The van der Waals surface area contributed by atoms with E-state index in [0.717, 1.165) is 11.1 Å². The summed E-state index contributed by atoms with van der Waals surface area (Å²) in [6.45, 7) is 11.4. The summed E-state index contributed by atoms with van der Waals surface area (Å²) in [4.78, 5) is 23.3. The molecule has 0 bridgehead atoms. The number of benzene rings is 1. The minimum Gasteiger partial charge on any atom is -0.507 e. The van der Waals surface area contributed by atoms with Gasteiger partial charge in [0, 0.05) is 12.1 Å². The Bertz CT molecular complexity index is 637. The van der Waals surface area contributed by atoms with Gasteiger partial charge in [0.25, 0.3) is 0 Å². The molecule has 1 aromatic rings. The molecule has 1 rings (SSSR count). The van der Waals surface area contributed by atoms with E-state index in [1.54, 1.807) is 0 Å². The van der Waals surface area contributed by atoms with Gasteiger partial charge in [-0.1, -0.05) is 53.7 Å². The molecule has 0 amide bonds. The van der Waals surface area contributed by atoms with Gasteiger partial charge in [0.15, 0.2) is 0 Å². The summed E-state index contributed by atoms with van der Waals surface area (Å²) in [7, 11) is 0. The maximum atomic E-state index is 11.0. The third-order valence-corrected chi connectivity index (χ3v) is 3.97. The first-order valence-corrected chi connectivity index (χ1v) is 8.24. The van der Waals surface area contributed by atoms with Crippen molar-refractivity contribution in [2.45, 2.75) is 58.9 Å². The summed E-state index contributed by atoms with van der Waals surface area (Å²) in [5, 5.41) is 28.7. The molecule has 0 radical (unpaired) electrons. The molecule has 3 N–H and O–H groups in total. The van der Waals surface area contributed by atoms with Crippen LogP contribution in [0.15, 0.2) is 12.1 Å². The van der Waals surface area contributed by atoms with Gasteiger partial charge in [0.2, 0.25) is 0 Å². The minimum atomic E-state index is -1.11. The Hall–Kier alpha value is -2.08. The average molecular weight is 351 g/mol. The Balaban J connectivity index is 3.40. The van der Waals surface area contributed by atoms with Crippen molar-refractivity contribution in [2.24, 2.45) is 0 Å². The summed E-state index contributed by atoms with van der Waals surface area (Å²) in [5.41, 5.74) is 1.86. The molecule has 0 unspecified atom stereocenters. The highest BCUT2D eigenvalue weighted by Gasteiger charge is 2.26. The number of phenolic OH excluding ortho intramolecular Hbond substituents is 1. The van der Waals surface area contributed by atoms with Crippen molar-refractivity contribution in [3.8, 4) is 5.75 Å². The van der Waals surface area contributed by atoms with Gasteiger partial charge in [0.1, 0.15) is 5.75 Å². The van der Waals surface area contributed by atoms with E-state index in [-0.39, 0.29) is 23.1 Å². The van der Waals surface area contributed by atoms with Gasteiger partial charge >= 0.3 is 11.9 Å². The first-order valence-electron chi connectivity index (χ1n) is 8.24. The second-order valence-electron chi connectivity index (χ2n) is 8.46. The van der Waals surface area contributed by atoms with Crippen molar-refractivity contribution < 1.29 is 24.9 Å². The molecule has 0 aliphatic carbocycles. The van der Waals surface area contributed by atoms with E-state index in [4.69, 9.17) is 10.2 Å². The number of aliphatic carboxylic acids is 2. The third-order valence-electron chi connectivity index (χ3n) is 3.97. The molecule has 6 nitrogen and oxygen atoms in total. The lowest BCUT2D eigenvalue weighted by molar-refractivity contribution is -0.142. The third kappa shape index (κ3) is 6.05. The van der Waals surface area contributed by atoms with Gasteiger partial charge < -0.3 is 15.3 Å². The van der Waals surface area contributed by atoms with Crippen molar-refractivity contribution in [1.82, 2.24) is 4.90 Å². The lowest BCUT2D eigenvalue weighted by atomic mass is 9.79. The Morgan fingerprint density at radius 3 is 1.76 bits per heavy atom. The molecule has 140 valence electrons. The number of carbonyl (C=O) groups is 2. The van der Waals surface area contributed by atoms with E-state index >= 15 is 0 Å². The standard InChI is InChI=1S/C19H29NO5/c1-18(2,3)13-7-12(17(25)14(8-13)19(4,5)6)9-20(10-15(21)22)11-16(23)24/h7-8,25H,9-11H2,1-6H3,(H,21,22)(H,23,24). The van der Waals surface area contributed by atoms with Crippen LogP contribution < -0.4 is 0 Å². The Morgan fingerprint density at radius 1 is 0.920 bits per heavy atom. The molecule has 6 heteroatoms. The Kier molecular flexibility index (Phi) is 6.23. The maximum Gasteiger partial charge on any atom is 0.317 e. The highest BCUT2D eigenvalue weighted by Crippen LogP contribution is 2.38. The van der Waals surface area contributed by atoms with Gasteiger partial charge in [-0.05, 0) is 22.0 Å². The van der Waals surface area contributed by atoms with E-state index < -0.39 is 25.0 Å². The molecule has 1 aromatic carbocycles. The van der Waals surface area contributed by atoms with Gasteiger partial charge in [-0.3, -0.25) is 14.5 Å².